The maximum Gasteiger partial charge on any atom is 0.226 e. The molecule has 2 aliphatic rings. The first-order valence-electron chi connectivity index (χ1n) is 5.37. The Morgan fingerprint density at radius 1 is 1.27 bits per heavy atom. The summed E-state index contributed by atoms with van der Waals surface area (Å²) in [6.07, 6.45) is 1.89. The van der Waals surface area contributed by atoms with Gasteiger partial charge in [-0.25, -0.2) is 0 Å². The van der Waals surface area contributed by atoms with Crippen LogP contribution in [-0.4, -0.2) is 59.8 Å². The van der Waals surface area contributed by atoms with Crippen LogP contribution in [0.25, 0.3) is 0 Å². The van der Waals surface area contributed by atoms with Crippen molar-refractivity contribution >= 4 is 24.1 Å². The van der Waals surface area contributed by atoms with Gasteiger partial charge in [0.05, 0.1) is 0 Å². The molecule has 2 rings (SSSR count). The second-order valence-corrected chi connectivity index (χ2v) is 5.18. The minimum atomic E-state index is 0.234. The van der Waals surface area contributed by atoms with Gasteiger partial charge in [-0.15, -0.1) is 0 Å². The van der Waals surface area contributed by atoms with Gasteiger partial charge < -0.3 is 9.80 Å². The normalized spacial score (nSPS) is 26.8. The van der Waals surface area contributed by atoms with E-state index in [1.54, 1.807) is 4.90 Å². The molecule has 0 aromatic rings. The Bertz CT molecular complexity index is 246. The number of hydrogen-bond donors (Lipinski definition) is 0. The number of carbonyl (C=O) groups excluding carboxylic acids is 2. The van der Waals surface area contributed by atoms with Crippen LogP contribution < -0.4 is 0 Å². The van der Waals surface area contributed by atoms with Gasteiger partial charge in [0, 0.05) is 37.8 Å². The molecule has 2 fully saturated rings. The molecule has 1 unspecified atom stereocenters. The fourth-order valence-corrected chi connectivity index (χ4v) is 3.25. The van der Waals surface area contributed by atoms with E-state index in [9.17, 15) is 9.59 Å². The average molecular weight is 228 g/mol. The van der Waals surface area contributed by atoms with Crippen molar-refractivity contribution in [1.82, 2.24) is 9.80 Å². The summed E-state index contributed by atoms with van der Waals surface area (Å²) in [5.74, 6) is 2.63. The third kappa shape index (κ3) is 2.45. The highest BCUT2D eigenvalue weighted by Crippen LogP contribution is 2.25. The molecule has 0 N–H and O–H groups in total. The highest BCUT2D eigenvalue weighted by molar-refractivity contribution is 7.99. The fraction of sp³-hybridized carbons (Fsp3) is 0.800. The van der Waals surface area contributed by atoms with Crippen LogP contribution in [0.4, 0.5) is 0 Å². The lowest BCUT2D eigenvalue weighted by Crippen LogP contribution is -2.49. The predicted octanol–water partition coefficient (Wildman–Crippen LogP) is 0.0401. The maximum absolute atomic E-state index is 12.0. The summed E-state index contributed by atoms with van der Waals surface area (Å²) in [5.41, 5.74) is 0. The van der Waals surface area contributed by atoms with Gasteiger partial charge in [0.2, 0.25) is 12.3 Å². The average Bonchev–Trinajstić information content (AvgIpc) is 2.82. The molecule has 0 bridgehead atoms. The van der Waals surface area contributed by atoms with Crippen LogP contribution in [-0.2, 0) is 9.59 Å². The Kier molecular flexibility index (Phi) is 3.51. The Morgan fingerprint density at radius 3 is 2.53 bits per heavy atom. The van der Waals surface area contributed by atoms with E-state index in [1.807, 2.05) is 16.7 Å². The molecule has 2 aliphatic heterocycles. The largest absolute Gasteiger partial charge is 0.342 e. The summed E-state index contributed by atoms with van der Waals surface area (Å²) in [4.78, 5) is 26.2. The van der Waals surface area contributed by atoms with Gasteiger partial charge in [0.25, 0.3) is 0 Å². The Balaban J connectivity index is 1.84. The first-order valence-corrected chi connectivity index (χ1v) is 6.52. The van der Waals surface area contributed by atoms with E-state index in [2.05, 4.69) is 0 Å². The topological polar surface area (TPSA) is 40.6 Å². The van der Waals surface area contributed by atoms with Crippen molar-refractivity contribution in [2.24, 2.45) is 5.92 Å². The number of piperazine rings is 1. The van der Waals surface area contributed by atoms with Gasteiger partial charge in [-0.3, -0.25) is 9.59 Å². The van der Waals surface area contributed by atoms with E-state index >= 15 is 0 Å². The zero-order chi connectivity index (χ0) is 10.7. The molecule has 0 aromatic heterocycles. The molecule has 1 atom stereocenters. The quantitative estimate of drug-likeness (QED) is 0.627. The summed E-state index contributed by atoms with van der Waals surface area (Å²) >= 11 is 1.87. The lowest BCUT2D eigenvalue weighted by atomic mass is 10.1. The van der Waals surface area contributed by atoms with E-state index in [-0.39, 0.29) is 5.92 Å². The van der Waals surface area contributed by atoms with Crippen molar-refractivity contribution in [2.75, 3.05) is 37.7 Å². The van der Waals surface area contributed by atoms with Gasteiger partial charge in [-0.05, 0) is 12.2 Å². The molecule has 0 radical (unpaired) electrons. The highest BCUT2D eigenvalue weighted by Gasteiger charge is 2.29. The Morgan fingerprint density at radius 2 is 2.00 bits per heavy atom. The second kappa shape index (κ2) is 4.88. The molecule has 0 saturated carbocycles. The molecule has 0 aliphatic carbocycles. The standard InChI is InChI=1S/C10H16N2O2S/c13-8-11-2-4-12(5-3-11)10(14)9-1-6-15-7-9/h8-9H,1-7H2. The van der Waals surface area contributed by atoms with E-state index in [0.29, 0.717) is 32.1 Å². The number of carbonyl (C=O) groups is 2. The van der Waals surface area contributed by atoms with Gasteiger partial charge in [-0.1, -0.05) is 0 Å². The zero-order valence-electron chi connectivity index (χ0n) is 8.72. The summed E-state index contributed by atoms with van der Waals surface area (Å²) in [6.45, 7) is 2.79. The highest BCUT2D eigenvalue weighted by atomic mass is 32.2. The first-order chi connectivity index (χ1) is 7.31. The van der Waals surface area contributed by atoms with Crippen LogP contribution >= 0.6 is 11.8 Å². The number of rotatable bonds is 2. The summed E-state index contributed by atoms with van der Waals surface area (Å²) in [7, 11) is 0. The van der Waals surface area contributed by atoms with Gasteiger partial charge >= 0.3 is 0 Å². The van der Waals surface area contributed by atoms with Gasteiger partial charge in [0.15, 0.2) is 0 Å². The Hall–Kier alpha value is -0.710. The molecular formula is C10H16N2O2S. The molecular weight excluding hydrogens is 212 g/mol. The lowest BCUT2D eigenvalue weighted by molar-refractivity contribution is -0.138. The van der Waals surface area contributed by atoms with Crippen molar-refractivity contribution in [3.8, 4) is 0 Å². The molecule has 2 heterocycles. The molecule has 15 heavy (non-hydrogen) atoms. The fourth-order valence-electron chi connectivity index (χ4n) is 2.04. The van der Waals surface area contributed by atoms with Crippen LogP contribution in [0.5, 0.6) is 0 Å². The van der Waals surface area contributed by atoms with E-state index in [0.717, 1.165) is 24.3 Å². The minimum absolute atomic E-state index is 0.234. The smallest absolute Gasteiger partial charge is 0.226 e. The molecule has 0 aromatic carbocycles. The van der Waals surface area contributed by atoms with Gasteiger partial charge in [0.1, 0.15) is 0 Å². The SMILES string of the molecule is O=CN1CCN(C(=O)C2CCSC2)CC1. The van der Waals surface area contributed by atoms with Crippen LogP contribution in [0.3, 0.4) is 0 Å². The van der Waals surface area contributed by atoms with Crippen molar-refractivity contribution in [3.05, 3.63) is 0 Å². The van der Waals surface area contributed by atoms with Crippen LogP contribution in [0.2, 0.25) is 0 Å². The number of nitrogens with zero attached hydrogens (tertiary/aromatic N) is 2. The van der Waals surface area contributed by atoms with Gasteiger partial charge in [-0.2, -0.15) is 11.8 Å². The van der Waals surface area contributed by atoms with Crippen molar-refractivity contribution in [3.63, 3.8) is 0 Å². The van der Waals surface area contributed by atoms with Crippen LogP contribution in [0.1, 0.15) is 6.42 Å². The number of amides is 2. The molecule has 84 valence electrons. The third-order valence-corrected chi connectivity index (χ3v) is 4.22. The zero-order valence-corrected chi connectivity index (χ0v) is 9.54. The molecule has 5 heteroatoms. The molecule has 2 amide bonds. The minimum Gasteiger partial charge on any atom is -0.342 e. The van der Waals surface area contributed by atoms with Crippen LogP contribution in [0.15, 0.2) is 0 Å². The summed E-state index contributed by atoms with van der Waals surface area (Å²) < 4.78 is 0. The molecule has 2 saturated heterocycles. The van der Waals surface area contributed by atoms with E-state index in [4.69, 9.17) is 0 Å². The monoisotopic (exact) mass is 228 g/mol. The van der Waals surface area contributed by atoms with E-state index in [1.165, 1.54) is 0 Å². The first kappa shape index (κ1) is 10.8. The van der Waals surface area contributed by atoms with Crippen LogP contribution in [0, 0.1) is 5.92 Å². The van der Waals surface area contributed by atoms with Crippen molar-refractivity contribution in [2.45, 2.75) is 6.42 Å². The number of thioether (sulfide) groups is 1. The summed E-state index contributed by atoms with van der Waals surface area (Å²) in [5, 5.41) is 0. The summed E-state index contributed by atoms with van der Waals surface area (Å²) in [6, 6.07) is 0. The second-order valence-electron chi connectivity index (χ2n) is 4.03. The van der Waals surface area contributed by atoms with Crippen molar-refractivity contribution < 1.29 is 9.59 Å². The lowest BCUT2D eigenvalue weighted by Gasteiger charge is -2.33. The maximum atomic E-state index is 12.0. The van der Waals surface area contributed by atoms with Crippen molar-refractivity contribution in [1.29, 1.82) is 0 Å². The number of hydrogen-bond acceptors (Lipinski definition) is 3. The third-order valence-electron chi connectivity index (χ3n) is 3.05. The predicted molar refractivity (Wildman–Crippen MR) is 59.6 cm³/mol. The Labute approximate surface area is 94.0 Å². The molecule has 0 spiro atoms. The molecule has 4 nitrogen and oxygen atoms in total. The van der Waals surface area contributed by atoms with E-state index < -0.39 is 0 Å².